The highest BCUT2D eigenvalue weighted by atomic mass is 19.1. The first-order valence-corrected chi connectivity index (χ1v) is 11.1. The highest BCUT2D eigenvalue weighted by Gasteiger charge is 2.25. The normalized spacial score (nSPS) is 11.8. The van der Waals surface area contributed by atoms with E-state index in [4.69, 9.17) is 9.47 Å². The molecule has 0 saturated heterocycles. The molecule has 182 valence electrons. The highest BCUT2D eigenvalue weighted by Crippen LogP contribution is 2.16. The summed E-state index contributed by atoms with van der Waals surface area (Å²) in [5.41, 5.74) is 4.08. The predicted octanol–water partition coefficient (Wildman–Crippen LogP) is 4.32. The molecule has 0 bridgehead atoms. The number of carbonyl (C=O) groups excluding carboxylic acids is 2. The Hall–Kier alpha value is -4.20. The molecular weight excluding hydrogens is 449 g/mol. The van der Waals surface area contributed by atoms with Crippen LogP contribution in [0, 0.1) is 11.7 Å². The molecular formula is C27H28FN3O4. The molecule has 0 spiro atoms. The van der Waals surface area contributed by atoms with E-state index in [9.17, 15) is 14.0 Å². The van der Waals surface area contributed by atoms with Crippen LogP contribution in [0.5, 0.6) is 11.5 Å². The van der Waals surface area contributed by atoms with Gasteiger partial charge in [0.05, 0.1) is 18.9 Å². The number of amides is 2. The minimum absolute atomic E-state index is 0.122. The van der Waals surface area contributed by atoms with Gasteiger partial charge in [0.1, 0.15) is 30.0 Å². The first-order chi connectivity index (χ1) is 16.9. The SMILES string of the molecule is COc1ccc(COc2ccc(/C=N/NC(=O)C(NC(=O)c3ccccc3F)C(C)C)cc2)cc1. The lowest BCUT2D eigenvalue weighted by molar-refractivity contribution is -0.123. The van der Waals surface area contributed by atoms with Crippen LogP contribution in [0.2, 0.25) is 0 Å². The summed E-state index contributed by atoms with van der Waals surface area (Å²) in [6, 6.07) is 19.6. The molecule has 1 unspecified atom stereocenters. The Labute approximate surface area is 204 Å². The number of carbonyl (C=O) groups is 2. The lowest BCUT2D eigenvalue weighted by Crippen LogP contribution is -2.48. The quantitative estimate of drug-likeness (QED) is 0.336. The van der Waals surface area contributed by atoms with Gasteiger partial charge in [-0.05, 0) is 65.6 Å². The van der Waals surface area contributed by atoms with E-state index in [-0.39, 0.29) is 11.5 Å². The van der Waals surface area contributed by atoms with Crippen LogP contribution in [0.4, 0.5) is 4.39 Å². The van der Waals surface area contributed by atoms with Crippen molar-refractivity contribution in [2.45, 2.75) is 26.5 Å². The van der Waals surface area contributed by atoms with Crippen molar-refractivity contribution in [2.75, 3.05) is 7.11 Å². The molecule has 2 N–H and O–H groups in total. The molecule has 0 aliphatic heterocycles. The Kier molecular flexibility index (Phi) is 8.95. The maximum Gasteiger partial charge on any atom is 0.262 e. The first kappa shape index (κ1) is 25.4. The number of halogens is 1. The second-order valence-electron chi connectivity index (χ2n) is 8.12. The summed E-state index contributed by atoms with van der Waals surface area (Å²) in [6.07, 6.45) is 1.49. The third-order valence-electron chi connectivity index (χ3n) is 5.19. The fraction of sp³-hybridized carbons (Fsp3) is 0.222. The summed E-state index contributed by atoms with van der Waals surface area (Å²) in [7, 11) is 1.62. The van der Waals surface area contributed by atoms with Gasteiger partial charge in [-0.25, -0.2) is 9.82 Å². The number of hydrazone groups is 1. The molecule has 0 fully saturated rings. The van der Waals surface area contributed by atoms with Crippen LogP contribution in [-0.4, -0.2) is 31.2 Å². The topological polar surface area (TPSA) is 89.0 Å². The summed E-state index contributed by atoms with van der Waals surface area (Å²) >= 11 is 0. The van der Waals surface area contributed by atoms with E-state index in [0.717, 1.165) is 16.9 Å². The average Bonchev–Trinajstić information content (AvgIpc) is 2.87. The summed E-state index contributed by atoms with van der Waals surface area (Å²) in [5, 5.41) is 6.55. The molecule has 35 heavy (non-hydrogen) atoms. The van der Waals surface area contributed by atoms with Crippen LogP contribution in [0.3, 0.4) is 0 Å². The van der Waals surface area contributed by atoms with Crippen molar-refractivity contribution in [3.05, 3.63) is 95.3 Å². The molecule has 7 nitrogen and oxygen atoms in total. The number of ether oxygens (including phenoxy) is 2. The second kappa shape index (κ2) is 12.3. The minimum Gasteiger partial charge on any atom is -0.497 e. The highest BCUT2D eigenvalue weighted by molar-refractivity contribution is 5.98. The number of nitrogens with one attached hydrogen (secondary N) is 2. The van der Waals surface area contributed by atoms with Gasteiger partial charge in [-0.2, -0.15) is 5.10 Å². The Bertz CT molecular complexity index is 1160. The van der Waals surface area contributed by atoms with Gasteiger partial charge in [0, 0.05) is 0 Å². The maximum absolute atomic E-state index is 13.9. The van der Waals surface area contributed by atoms with Crippen molar-refractivity contribution in [3.8, 4) is 11.5 Å². The van der Waals surface area contributed by atoms with Gasteiger partial charge in [-0.1, -0.05) is 38.1 Å². The van der Waals surface area contributed by atoms with E-state index < -0.39 is 23.7 Å². The molecule has 3 rings (SSSR count). The molecule has 2 amide bonds. The Morgan fingerprint density at radius 3 is 2.26 bits per heavy atom. The zero-order chi connectivity index (χ0) is 25.2. The van der Waals surface area contributed by atoms with E-state index in [1.54, 1.807) is 51.3 Å². The van der Waals surface area contributed by atoms with Gasteiger partial charge in [-0.15, -0.1) is 0 Å². The van der Waals surface area contributed by atoms with E-state index in [1.165, 1.54) is 24.4 Å². The number of hydrogen-bond acceptors (Lipinski definition) is 5. The molecule has 0 heterocycles. The van der Waals surface area contributed by atoms with E-state index in [1.807, 2.05) is 24.3 Å². The van der Waals surface area contributed by atoms with Gasteiger partial charge >= 0.3 is 0 Å². The lowest BCUT2D eigenvalue weighted by Gasteiger charge is -2.20. The molecule has 8 heteroatoms. The van der Waals surface area contributed by atoms with Crippen LogP contribution in [0.1, 0.15) is 35.3 Å². The van der Waals surface area contributed by atoms with E-state index >= 15 is 0 Å². The monoisotopic (exact) mass is 477 g/mol. The van der Waals surface area contributed by atoms with Crippen LogP contribution < -0.4 is 20.2 Å². The van der Waals surface area contributed by atoms with Crippen molar-refractivity contribution < 1.29 is 23.5 Å². The van der Waals surface area contributed by atoms with E-state index in [0.29, 0.717) is 12.4 Å². The molecule has 0 aliphatic rings. The standard InChI is InChI=1S/C27H28FN3O4/c1-18(2)25(30-26(32)23-6-4-5-7-24(23)28)27(33)31-29-16-19-8-14-22(15-9-19)35-17-20-10-12-21(34-3)13-11-20/h4-16,18,25H,17H2,1-3H3,(H,30,32)(H,31,33)/b29-16+. The van der Waals surface area contributed by atoms with Crippen LogP contribution in [0.25, 0.3) is 0 Å². The van der Waals surface area contributed by atoms with Crippen LogP contribution in [0.15, 0.2) is 77.9 Å². The summed E-state index contributed by atoms with van der Waals surface area (Å²) in [6.45, 7) is 3.98. The molecule has 3 aromatic rings. The Morgan fingerprint density at radius 2 is 1.63 bits per heavy atom. The number of nitrogens with zero attached hydrogens (tertiary/aromatic N) is 1. The largest absolute Gasteiger partial charge is 0.497 e. The molecule has 0 aliphatic carbocycles. The van der Waals surface area contributed by atoms with Gasteiger partial charge in [0.15, 0.2) is 0 Å². The Morgan fingerprint density at radius 1 is 0.971 bits per heavy atom. The van der Waals surface area contributed by atoms with Crippen molar-refractivity contribution >= 4 is 18.0 Å². The summed E-state index contributed by atoms with van der Waals surface area (Å²) in [4.78, 5) is 25.0. The molecule has 1 atom stereocenters. The third-order valence-corrected chi connectivity index (χ3v) is 5.19. The van der Waals surface area contributed by atoms with Crippen molar-refractivity contribution in [1.29, 1.82) is 0 Å². The molecule has 0 aromatic heterocycles. The average molecular weight is 478 g/mol. The number of methoxy groups -OCH3 is 1. The number of hydrogen-bond donors (Lipinski definition) is 2. The van der Waals surface area contributed by atoms with Gasteiger partial charge in [-0.3, -0.25) is 9.59 Å². The van der Waals surface area contributed by atoms with Gasteiger partial charge in [0.25, 0.3) is 11.8 Å². The maximum atomic E-state index is 13.9. The molecule has 0 radical (unpaired) electrons. The fourth-order valence-corrected chi connectivity index (χ4v) is 3.18. The van der Waals surface area contributed by atoms with E-state index in [2.05, 4.69) is 15.8 Å². The predicted molar refractivity (Wildman–Crippen MR) is 132 cm³/mol. The molecule has 3 aromatic carbocycles. The van der Waals surface area contributed by atoms with Crippen LogP contribution in [-0.2, 0) is 11.4 Å². The first-order valence-electron chi connectivity index (χ1n) is 11.1. The molecule has 0 saturated carbocycles. The minimum atomic E-state index is -0.881. The fourth-order valence-electron chi connectivity index (χ4n) is 3.18. The second-order valence-corrected chi connectivity index (χ2v) is 8.12. The number of rotatable bonds is 10. The Balaban J connectivity index is 1.52. The zero-order valence-corrected chi connectivity index (χ0v) is 19.8. The smallest absolute Gasteiger partial charge is 0.262 e. The zero-order valence-electron chi connectivity index (χ0n) is 19.8. The van der Waals surface area contributed by atoms with Crippen LogP contribution >= 0.6 is 0 Å². The summed E-state index contributed by atoms with van der Waals surface area (Å²) in [5.74, 6) is -0.564. The van der Waals surface area contributed by atoms with Crippen molar-refractivity contribution in [3.63, 3.8) is 0 Å². The van der Waals surface area contributed by atoms with Crippen molar-refractivity contribution in [2.24, 2.45) is 11.0 Å². The lowest BCUT2D eigenvalue weighted by atomic mass is 10.0. The summed E-state index contributed by atoms with van der Waals surface area (Å²) < 4.78 is 24.8. The van der Waals surface area contributed by atoms with Crippen molar-refractivity contribution in [1.82, 2.24) is 10.7 Å². The third kappa shape index (κ3) is 7.40. The van der Waals surface area contributed by atoms with Gasteiger partial charge in [0.2, 0.25) is 0 Å². The number of benzene rings is 3. The van der Waals surface area contributed by atoms with Gasteiger partial charge < -0.3 is 14.8 Å².